The zero-order valence-electron chi connectivity index (χ0n) is 23.5. The van der Waals surface area contributed by atoms with Gasteiger partial charge in [0.2, 0.25) is 10.9 Å². The molecule has 1 saturated heterocycles. The molecule has 1 N–H and O–H groups in total. The van der Waals surface area contributed by atoms with Gasteiger partial charge in [0, 0.05) is 11.3 Å². The number of aliphatic hydroxyl groups excluding tert-OH is 1. The summed E-state index contributed by atoms with van der Waals surface area (Å²) in [7, 11) is 5.87. The predicted octanol–water partition coefficient (Wildman–Crippen LogP) is 5.63. The maximum Gasteiger partial charge on any atom is 0.301 e. The van der Waals surface area contributed by atoms with Gasteiger partial charge >= 0.3 is 5.91 Å². The molecule has 3 aromatic carbocycles. The fourth-order valence-corrected chi connectivity index (χ4v) is 6.42. The quantitative estimate of drug-likeness (QED) is 0.0782. The molecule has 0 bridgehead atoms. The monoisotopic (exact) mass is 623 g/mol. The summed E-state index contributed by atoms with van der Waals surface area (Å²) in [5.41, 5.74) is 1.43. The number of Topliss-reactive ketones (excluding diaryl/α,β-unsaturated/α-hetero) is 1. The third-order valence-corrected chi connectivity index (χ3v) is 8.82. The average Bonchev–Trinajstić information content (AvgIpc) is 3.61. The molecule has 0 saturated carbocycles. The predicted molar refractivity (Wildman–Crippen MR) is 160 cm³/mol. The maximum absolute atomic E-state index is 13.6. The van der Waals surface area contributed by atoms with E-state index in [4.69, 9.17) is 18.9 Å². The Morgan fingerprint density at radius 1 is 0.930 bits per heavy atom. The zero-order valence-corrected chi connectivity index (χ0v) is 25.1. The molecule has 1 aliphatic heterocycles. The number of benzene rings is 3. The molecule has 2 heterocycles. The zero-order chi connectivity index (χ0) is 30.7. The van der Waals surface area contributed by atoms with Crippen molar-refractivity contribution in [3.63, 3.8) is 0 Å². The van der Waals surface area contributed by atoms with E-state index in [9.17, 15) is 19.1 Å². The number of aromatic nitrogens is 2. The van der Waals surface area contributed by atoms with E-state index >= 15 is 0 Å². The first-order valence-electron chi connectivity index (χ1n) is 12.8. The standard InChI is InChI=1S/C30H26FN3O7S2/c1-38-20-11-7-17(8-12-20)25(35)23-24(18-13-21(39-2)27(41-4)22(14-18)40-3)34(28(37)26(23)36)29-32-33-30(43-29)42-15-16-5-9-19(31)10-6-16/h5-14,24,35H,15H2,1-4H3/b25-23-. The fourth-order valence-electron chi connectivity index (χ4n) is 4.59. The fraction of sp³-hybridized carbons (Fsp3) is 0.200. The van der Waals surface area contributed by atoms with Crippen LogP contribution in [-0.4, -0.2) is 55.4 Å². The van der Waals surface area contributed by atoms with Crippen LogP contribution in [0.5, 0.6) is 23.0 Å². The minimum Gasteiger partial charge on any atom is -0.507 e. The van der Waals surface area contributed by atoms with Crippen molar-refractivity contribution in [3.05, 3.63) is 88.7 Å². The van der Waals surface area contributed by atoms with Crippen LogP contribution in [0.2, 0.25) is 0 Å². The van der Waals surface area contributed by atoms with Gasteiger partial charge in [0.15, 0.2) is 15.8 Å². The molecule has 1 fully saturated rings. The first-order valence-corrected chi connectivity index (χ1v) is 14.6. The van der Waals surface area contributed by atoms with Crippen LogP contribution in [-0.2, 0) is 15.3 Å². The number of ketones is 1. The molecule has 1 aromatic heterocycles. The van der Waals surface area contributed by atoms with Crippen LogP contribution in [0.1, 0.15) is 22.7 Å². The second-order valence-corrected chi connectivity index (χ2v) is 11.3. The van der Waals surface area contributed by atoms with Crippen LogP contribution in [0.25, 0.3) is 5.76 Å². The van der Waals surface area contributed by atoms with Crippen molar-refractivity contribution >= 4 is 45.7 Å². The van der Waals surface area contributed by atoms with Gasteiger partial charge in [0.25, 0.3) is 5.78 Å². The van der Waals surface area contributed by atoms with Gasteiger partial charge in [-0.2, -0.15) is 0 Å². The van der Waals surface area contributed by atoms with Gasteiger partial charge in [0.1, 0.15) is 17.3 Å². The summed E-state index contributed by atoms with van der Waals surface area (Å²) in [4.78, 5) is 28.4. The summed E-state index contributed by atoms with van der Waals surface area (Å²) in [6.45, 7) is 0. The Bertz CT molecular complexity index is 1670. The topological polar surface area (TPSA) is 120 Å². The largest absolute Gasteiger partial charge is 0.507 e. The van der Waals surface area contributed by atoms with Crippen LogP contribution >= 0.6 is 23.1 Å². The van der Waals surface area contributed by atoms with Crippen LogP contribution in [0, 0.1) is 5.82 Å². The molecule has 0 spiro atoms. The third kappa shape index (κ3) is 5.86. The molecule has 222 valence electrons. The molecule has 5 rings (SSSR count). The number of methoxy groups -OCH3 is 4. The number of nitrogens with zero attached hydrogens (tertiary/aromatic N) is 3. The molecular formula is C30H26FN3O7S2. The van der Waals surface area contributed by atoms with E-state index < -0.39 is 17.7 Å². The number of ether oxygens (including phenoxy) is 4. The molecule has 1 unspecified atom stereocenters. The number of rotatable bonds is 10. The summed E-state index contributed by atoms with van der Waals surface area (Å²) < 4.78 is 35.5. The number of carbonyl (C=O) groups excluding carboxylic acids is 2. The molecular weight excluding hydrogens is 597 g/mol. The van der Waals surface area contributed by atoms with Crippen molar-refractivity contribution in [2.75, 3.05) is 33.3 Å². The van der Waals surface area contributed by atoms with Crippen LogP contribution in [0.3, 0.4) is 0 Å². The summed E-state index contributed by atoms with van der Waals surface area (Å²) in [6.07, 6.45) is 0. The van der Waals surface area contributed by atoms with Gasteiger partial charge in [-0.05, 0) is 59.7 Å². The van der Waals surface area contributed by atoms with Gasteiger partial charge < -0.3 is 24.1 Å². The average molecular weight is 624 g/mol. The smallest absolute Gasteiger partial charge is 0.301 e. The molecule has 1 aliphatic rings. The van der Waals surface area contributed by atoms with Crippen molar-refractivity contribution < 1.29 is 38.0 Å². The van der Waals surface area contributed by atoms with E-state index in [-0.39, 0.29) is 22.3 Å². The van der Waals surface area contributed by atoms with Crippen molar-refractivity contribution in [2.24, 2.45) is 0 Å². The Kier molecular flexibility index (Phi) is 8.83. The molecule has 1 amide bonds. The lowest BCUT2D eigenvalue weighted by Gasteiger charge is -2.24. The van der Waals surface area contributed by atoms with E-state index in [2.05, 4.69) is 10.2 Å². The van der Waals surface area contributed by atoms with E-state index in [1.807, 2.05) is 0 Å². The normalized spacial score (nSPS) is 15.9. The van der Waals surface area contributed by atoms with Gasteiger partial charge in [-0.25, -0.2) is 4.39 Å². The number of anilines is 1. The van der Waals surface area contributed by atoms with E-state index in [1.54, 1.807) is 48.5 Å². The number of hydrogen-bond acceptors (Lipinski definition) is 11. The van der Waals surface area contributed by atoms with Gasteiger partial charge in [-0.1, -0.05) is 35.2 Å². The van der Waals surface area contributed by atoms with Crippen molar-refractivity contribution in [3.8, 4) is 23.0 Å². The van der Waals surface area contributed by atoms with Gasteiger partial charge in [-0.15, -0.1) is 10.2 Å². The molecule has 13 heteroatoms. The summed E-state index contributed by atoms with van der Waals surface area (Å²) in [6, 6.07) is 14.6. The molecule has 0 aliphatic carbocycles. The van der Waals surface area contributed by atoms with E-state index in [0.717, 1.165) is 16.9 Å². The van der Waals surface area contributed by atoms with E-state index in [1.165, 1.54) is 57.2 Å². The van der Waals surface area contributed by atoms with Crippen LogP contribution in [0.4, 0.5) is 9.52 Å². The van der Waals surface area contributed by atoms with Crippen LogP contribution < -0.4 is 23.8 Å². The summed E-state index contributed by atoms with van der Waals surface area (Å²) in [5, 5.41) is 20.0. The molecule has 4 aromatic rings. The Morgan fingerprint density at radius 2 is 1.58 bits per heavy atom. The Hall–Kier alpha value is -4.62. The number of halogens is 1. The second kappa shape index (κ2) is 12.7. The lowest BCUT2D eigenvalue weighted by molar-refractivity contribution is -0.132. The summed E-state index contributed by atoms with van der Waals surface area (Å²) in [5.74, 6) is -0.556. The highest BCUT2D eigenvalue weighted by Crippen LogP contribution is 2.48. The van der Waals surface area contributed by atoms with Gasteiger partial charge in [-0.3, -0.25) is 14.5 Å². The Labute approximate surface area is 254 Å². The van der Waals surface area contributed by atoms with Crippen molar-refractivity contribution in [1.82, 2.24) is 10.2 Å². The molecule has 43 heavy (non-hydrogen) atoms. The van der Waals surface area contributed by atoms with Crippen molar-refractivity contribution in [1.29, 1.82) is 0 Å². The molecule has 0 radical (unpaired) electrons. The van der Waals surface area contributed by atoms with Gasteiger partial charge in [0.05, 0.1) is 40.1 Å². The minimum absolute atomic E-state index is 0.149. The SMILES string of the molecule is COc1ccc(/C(O)=C2/C(=O)C(=O)N(c3nnc(SCc4ccc(F)cc4)s3)C2c2cc(OC)c(OC)c(OC)c2)cc1. The number of carbonyl (C=O) groups is 2. The Morgan fingerprint density at radius 3 is 2.16 bits per heavy atom. The number of aliphatic hydroxyl groups is 1. The highest BCUT2D eigenvalue weighted by molar-refractivity contribution is 8.00. The highest BCUT2D eigenvalue weighted by Gasteiger charge is 2.49. The Balaban J connectivity index is 1.61. The maximum atomic E-state index is 13.6. The first kappa shape index (κ1) is 29.9. The lowest BCUT2D eigenvalue weighted by Crippen LogP contribution is -2.29. The lowest BCUT2D eigenvalue weighted by atomic mass is 9.94. The van der Waals surface area contributed by atoms with Crippen molar-refractivity contribution in [2.45, 2.75) is 16.1 Å². The minimum atomic E-state index is -1.11. The first-order chi connectivity index (χ1) is 20.8. The number of hydrogen-bond donors (Lipinski definition) is 1. The molecule has 10 nitrogen and oxygen atoms in total. The highest BCUT2D eigenvalue weighted by atomic mass is 32.2. The number of thioether (sulfide) groups is 1. The molecule has 1 atom stereocenters. The van der Waals surface area contributed by atoms with Crippen LogP contribution in [0.15, 0.2) is 70.6 Å². The van der Waals surface area contributed by atoms with E-state index in [0.29, 0.717) is 44.2 Å². The number of amides is 1. The third-order valence-electron chi connectivity index (χ3n) is 6.69. The second-order valence-electron chi connectivity index (χ2n) is 9.12. The summed E-state index contributed by atoms with van der Waals surface area (Å²) >= 11 is 2.46.